The smallest absolute Gasteiger partial charge is 0.148 e. The molecule has 0 saturated carbocycles. The summed E-state index contributed by atoms with van der Waals surface area (Å²) >= 11 is 0. The number of carbonyl (C=O) groups is 1. The van der Waals surface area contributed by atoms with Crippen molar-refractivity contribution < 1.29 is 19.0 Å². The van der Waals surface area contributed by atoms with Crippen molar-refractivity contribution in [3.05, 3.63) is 71.8 Å². The molecule has 1 aliphatic rings. The van der Waals surface area contributed by atoms with Crippen molar-refractivity contribution in [1.82, 2.24) is 0 Å². The molecule has 126 valence electrons. The van der Waals surface area contributed by atoms with Crippen molar-refractivity contribution in [1.29, 1.82) is 0 Å². The zero-order valence-corrected chi connectivity index (χ0v) is 13.5. The predicted molar refractivity (Wildman–Crippen MR) is 90.5 cm³/mol. The van der Waals surface area contributed by atoms with Gasteiger partial charge in [-0.15, -0.1) is 0 Å². The Morgan fingerprint density at radius 2 is 1.58 bits per heavy atom. The summed E-state index contributed by atoms with van der Waals surface area (Å²) in [5.41, 5.74) is 2.22. The molecule has 0 amide bonds. The average Bonchev–Trinajstić information content (AvgIpc) is 3.04. The lowest BCUT2D eigenvalue weighted by Crippen LogP contribution is -2.29. The van der Waals surface area contributed by atoms with Crippen LogP contribution in [-0.2, 0) is 32.2 Å². The maximum absolute atomic E-state index is 11.0. The van der Waals surface area contributed by atoms with Gasteiger partial charge in [-0.2, -0.15) is 0 Å². The summed E-state index contributed by atoms with van der Waals surface area (Å²) in [4.78, 5) is 11.0. The number of rotatable bonds is 8. The van der Waals surface area contributed by atoms with Gasteiger partial charge in [0.25, 0.3) is 0 Å². The lowest BCUT2D eigenvalue weighted by molar-refractivity contribution is -0.120. The van der Waals surface area contributed by atoms with Crippen LogP contribution in [0.4, 0.5) is 0 Å². The van der Waals surface area contributed by atoms with Crippen LogP contribution >= 0.6 is 0 Å². The first-order chi connectivity index (χ1) is 11.8. The Hall–Kier alpha value is -2.01. The van der Waals surface area contributed by atoms with E-state index in [-0.39, 0.29) is 12.2 Å². The van der Waals surface area contributed by atoms with Gasteiger partial charge in [0.1, 0.15) is 18.5 Å². The van der Waals surface area contributed by atoms with Crippen molar-refractivity contribution in [3.63, 3.8) is 0 Å². The van der Waals surface area contributed by atoms with Crippen molar-refractivity contribution in [3.8, 4) is 0 Å². The Bertz CT molecular complexity index is 614. The van der Waals surface area contributed by atoms with Crippen LogP contribution in [0.2, 0.25) is 0 Å². The fraction of sp³-hybridized carbons (Fsp3) is 0.350. The van der Waals surface area contributed by atoms with Crippen LogP contribution < -0.4 is 0 Å². The molecule has 4 heteroatoms. The van der Waals surface area contributed by atoms with E-state index in [0.717, 1.165) is 17.4 Å². The second-order valence-electron chi connectivity index (χ2n) is 5.92. The van der Waals surface area contributed by atoms with Crippen LogP contribution in [0.25, 0.3) is 0 Å². The Kier molecular flexibility index (Phi) is 6.13. The highest BCUT2D eigenvalue weighted by Gasteiger charge is 2.36. The first kappa shape index (κ1) is 16.8. The molecule has 24 heavy (non-hydrogen) atoms. The maximum Gasteiger partial charge on any atom is 0.148 e. The number of benzene rings is 2. The Morgan fingerprint density at radius 3 is 2.21 bits per heavy atom. The number of hydrogen-bond donors (Lipinski definition) is 0. The summed E-state index contributed by atoms with van der Waals surface area (Å²) in [5, 5.41) is 0. The molecule has 1 saturated heterocycles. The zero-order chi connectivity index (χ0) is 16.6. The van der Waals surface area contributed by atoms with Crippen molar-refractivity contribution in [2.45, 2.75) is 37.9 Å². The van der Waals surface area contributed by atoms with E-state index in [1.807, 2.05) is 60.7 Å². The van der Waals surface area contributed by atoms with E-state index in [1.165, 1.54) is 0 Å². The second-order valence-corrected chi connectivity index (χ2v) is 5.92. The first-order valence-corrected chi connectivity index (χ1v) is 8.23. The van der Waals surface area contributed by atoms with Crippen LogP contribution in [0.3, 0.4) is 0 Å². The quantitative estimate of drug-likeness (QED) is 0.699. The Morgan fingerprint density at radius 1 is 0.958 bits per heavy atom. The molecule has 4 nitrogen and oxygen atoms in total. The molecule has 2 aromatic rings. The van der Waals surface area contributed by atoms with Crippen LogP contribution in [0.15, 0.2) is 60.7 Å². The van der Waals surface area contributed by atoms with Gasteiger partial charge < -0.3 is 19.0 Å². The summed E-state index contributed by atoms with van der Waals surface area (Å²) in [6.45, 7) is 1.45. The summed E-state index contributed by atoms with van der Waals surface area (Å²) in [6.07, 6.45) is 0.672. The van der Waals surface area contributed by atoms with Crippen LogP contribution in [-0.4, -0.2) is 31.2 Å². The van der Waals surface area contributed by atoms with Crippen LogP contribution in [0.1, 0.15) is 17.5 Å². The topological polar surface area (TPSA) is 44.8 Å². The Labute approximate surface area is 142 Å². The molecule has 3 rings (SSSR count). The van der Waals surface area contributed by atoms with Crippen LogP contribution in [0.5, 0.6) is 0 Å². The average molecular weight is 326 g/mol. The number of aldehydes is 1. The highest BCUT2D eigenvalue weighted by molar-refractivity contribution is 5.56. The van der Waals surface area contributed by atoms with Crippen LogP contribution in [0, 0.1) is 0 Å². The van der Waals surface area contributed by atoms with Gasteiger partial charge in [-0.1, -0.05) is 60.7 Å². The van der Waals surface area contributed by atoms with E-state index >= 15 is 0 Å². The molecule has 1 aliphatic heterocycles. The minimum absolute atomic E-state index is 0.129. The standard InChI is InChI=1S/C20H22O4/c21-12-18-11-19(23-14-17-9-5-2-6-10-17)20(24-18)15-22-13-16-7-3-1-4-8-16/h1-10,12,18-20H,11,13-15H2/t18-,19-,20-/m1/s1. The number of hydrogen-bond acceptors (Lipinski definition) is 4. The maximum atomic E-state index is 11.0. The molecule has 1 fully saturated rings. The van der Waals surface area contributed by atoms with Crippen molar-refractivity contribution in [2.24, 2.45) is 0 Å². The monoisotopic (exact) mass is 326 g/mol. The molecular weight excluding hydrogens is 304 g/mol. The van der Waals surface area contributed by atoms with Gasteiger partial charge in [0.05, 0.1) is 25.9 Å². The van der Waals surface area contributed by atoms with Gasteiger partial charge in [0, 0.05) is 6.42 Å². The molecule has 2 aromatic carbocycles. The molecular formula is C20H22O4. The minimum atomic E-state index is -0.406. The molecule has 0 bridgehead atoms. The third-order valence-corrected chi connectivity index (χ3v) is 4.08. The van der Waals surface area contributed by atoms with Crippen molar-refractivity contribution in [2.75, 3.05) is 6.61 Å². The summed E-state index contributed by atoms with van der Waals surface area (Å²) in [6, 6.07) is 20.0. The molecule has 3 atom stereocenters. The molecule has 0 unspecified atom stereocenters. The van der Waals surface area contributed by atoms with E-state index in [4.69, 9.17) is 14.2 Å². The van der Waals surface area contributed by atoms with Gasteiger partial charge in [-0.05, 0) is 11.1 Å². The van der Waals surface area contributed by atoms with Gasteiger partial charge >= 0.3 is 0 Å². The molecule has 0 spiro atoms. The van der Waals surface area contributed by atoms with Gasteiger partial charge in [0.15, 0.2) is 0 Å². The third kappa shape index (κ3) is 4.74. The summed E-state index contributed by atoms with van der Waals surface area (Å²) in [7, 11) is 0. The SMILES string of the molecule is O=C[C@H]1C[C@@H](OCc2ccccc2)[C@@H](COCc2ccccc2)O1. The molecule has 0 aromatic heterocycles. The largest absolute Gasteiger partial charge is 0.374 e. The number of ether oxygens (including phenoxy) is 3. The fourth-order valence-corrected chi connectivity index (χ4v) is 2.80. The molecule has 0 radical (unpaired) electrons. The highest BCUT2D eigenvalue weighted by atomic mass is 16.6. The third-order valence-electron chi connectivity index (χ3n) is 4.08. The van der Waals surface area contributed by atoms with E-state index in [0.29, 0.717) is 26.2 Å². The van der Waals surface area contributed by atoms with Gasteiger partial charge in [0.2, 0.25) is 0 Å². The normalized spacial score (nSPS) is 23.2. The van der Waals surface area contributed by atoms with Crippen molar-refractivity contribution >= 4 is 6.29 Å². The van der Waals surface area contributed by atoms with E-state index < -0.39 is 6.10 Å². The first-order valence-electron chi connectivity index (χ1n) is 8.23. The van der Waals surface area contributed by atoms with E-state index in [1.54, 1.807) is 0 Å². The fourth-order valence-electron chi connectivity index (χ4n) is 2.80. The predicted octanol–water partition coefficient (Wildman–Crippen LogP) is 3.15. The summed E-state index contributed by atoms with van der Waals surface area (Å²) in [5.74, 6) is 0. The lowest BCUT2D eigenvalue weighted by atomic mass is 10.1. The van der Waals surface area contributed by atoms with Gasteiger partial charge in [-0.3, -0.25) is 0 Å². The lowest BCUT2D eigenvalue weighted by Gasteiger charge is -2.19. The summed E-state index contributed by atoms with van der Waals surface area (Å²) < 4.78 is 17.5. The second kappa shape index (κ2) is 8.73. The Balaban J connectivity index is 1.50. The molecule has 0 aliphatic carbocycles. The van der Waals surface area contributed by atoms with E-state index in [2.05, 4.69) is 0 Å². The van der Waals surface area contributed by atoms with E-state index in [9.17, 15) is 4.79 Å². The number of carbonyl (C=O) groups excluding carboxylic acids is 1. The zero-order valence-electron chi connectivity index (χ0n) is 13.5. The highest BCUT2D eigenvalue weighted by Crippen LogP contribution is 2.24. The molecule has 1 heterocycles. The molecule has 0 N–H and O–H groups in total. The van der Waals surface area contributed by atoms with Gasteiger partial charge in [-0.25, -0.2) is 0 Å². The minimum Gasteiger partial charge on any atom is -0.374 e.